The fraction of sp³-hybridized carbons (Fsp3) is 0.833. The minimum absolute atomic E-state index is 0.675. The Kier molecular flexibility index (Phi) is 3.63. The molecular formula is C12H20N4O2. The van der Waals surface area contributed by atoms with E-state index in [-0.39, 0.29) is 0 Å². The number of rotatable bonds is 5. The van der Waals surface area contributed by atoms with Gasteiger partial charge in [-0.1, -0.05) is 25.7 Å². The Morgan fingerprint density at radius 1 is 1.44 bits per heavy atom. The average molecular weight is 252 g/mol. The number of carboxylic acid groups (broad SMARTS) is 1. The van der Waals surface area contributed by atoms with Crippen molar-refractivity contribution in [2.24, 2.45) is 5.92 Å². The molecule has 0 spiro atoms. The molecule has 1 aliphatic carbocycles. The van der Waals surface area contributed by atoms with Crippen LogP contribution < -0.4 is 0 Å². The second-order valence-electron chi connectivity index (χ2n) is 5.56. The average Bonchev–Trinajstić information content (AvgIpc) is 2.97. The zero-order chi connectivity index (χ0) is 13.2. The third-order valence-electron chi connectivity index (χ3n) is 3.84. The van der Waals surface area contributed by atoms with Gasteiger partial charge in [0.15, 0.2) is 11.4 Å². The number of aryl methyl sites for hydroxylation is 1. The third-order valence-corrected chi connectivity index (χ3v) is 3.84. The molecule has 18 heavy (non-hydrogen) atoms. The van der Waals surface area contributed by atoms with Gasteiger partial charge in [0.05, 0.1) is 0 Å². The molecule has 0 atom stereocenters. The van der Waals surface area contributed by atoms with Crippen molar-refractivity contribution >= 4 is 5.97 Å². The number of aromatic nitrogens is 4. The van der Waals surface area contributed by atoms with Gasteiger partial charge in [0.2, 0.25) is 0 Å². The van der Waals surface area contributed by atoms with Crippen LogP contribution in [-0.2, 0) is 16.8 Å². The van der Waals surface area contributed by atoms with Gasteiger partial charge in [-0.3, -0.25) is 0 Å². The summed E-state index contributed by atoms with van der Waals surface area (Å²) < 4.78 is 1.43. The van der Waals surface area contributed by atoms with Crippen LogP contribution in [0.3, 0.4) is 0 Å². The number of nitrogens with zero attached hydrogens (tertiary/aromatic N) is 4. The predicted molar refractivity (Wildman–Crippen MR) is 65.1 cm³/mol. The quantitative estimate of drug-likeness (QED) is 0.861. The van der Waals surface area contributed by atoms with Crippen LogP contribution in [0.1, 0.15) is 51.8 Å². The van der Waals surface area contributed by atoms with E-state index in [1.54, 1.807) is 13.8 Å². The van der Waals surface area contributed by atoms with Gasteiger partial charge in [0.1, 0.15) is 0 Å². The van der Waals surface area contributed by atoms with Crippen molar-refractivity contribution < 1.29 is 9.90 Å². The Bertz CT molecular complexity index is 421. The van der Waals surface area contributed by atoms with E-state index in [1.807, 2.05) is 0 Å². The number of aliphatic carboxylic acids is 1. The maximum Gasteiger partial charge on any atom is 0.331 e. The maximum absolute atomic E-state index is 11.2. The summed E-state index contributed by atoms with van der Waals surface area (Å²) in [5.41, 5.74) is -1.09. The van der Waals surface area contributed by atoms with Crippen molar-refractivity contribution in [3.63, 3.8) is 0 Å². The number of carbonyl (C=O) groups is 1. The fourth-order valence-corrected chi connectivity index (χ4v) is 2.52. The van der Waals surface area contributed by atoms with Crippen molar-refractivity contribution in [2.75, 3.05) is 0 Å². The number of hydrogen-bond donors (Lipinski definition) is 1. The van der Waals surface area contributed by atoms with Gasteiger partial charge in [-0.2, -0.15) is 0 Å². The molecule has 1 aliphatic rings. The first-order valence-electron chi connectivity index (χ1n) is 6.53. The summed E-state index contributed by atoms with van der Waals surface area (Å²) >= 11 is 0. The van der Waals surface area contributed by atoms with Crippen LogP contribution in [0.2, 0.25) is 0 Å². The molecule has 0 amide bonds. The van der Waals surface area contributed by atoms with E-state index in [0.29, 0.717) is 5.82 Å². The van der Waals surface area contributed by atoms with E-state index in [4.69, 9.17) is 0 Å². The molecule has 100 valence electrons. The Hall–Kier alpha value is -1.46. The molecular weight excluding hydrogens is 232 g/mol. The van der Waals surface area contributed by atoms with E-state index in [2.05, 4.69) is 15.5 Å². The minimum atomic E-state index is -1.09. The number of hydrogen-bond acceptors (Lipinski definition) is 4. The van der Waals surface area contributed by atoms with E-state index in [1.165, 1.54) is 30.4 Å². The van der Waals surface area contributed by atoms with Crippen molar-refractivity contribution in [1.82, 2.24) is 20.2 Å². The van der Waals surface area contributed by atoms with E-state index < -0.39 is 11.5 Å². The van der Waals surface area contributed by atoms with Gasteiger partial charge in [-0.15, -0.1) is 5.10 Å². The molecule has 0 aromatic carbocycles. The first-order chi connectivity index (χ1) is 8.51. The Morgan fingerprint density at radius 2 is 2.11 bits per heavy atom. The lowest BCUT2D eigenvalue weighted by molar-refractivity contribution is -0.146. The highest BCUT2D eigenvalue weighted by molar-refractivity contribution is 5.75. The van der Waals surface area contributed by atoms with Crippen LogP contribution in [0, 0.1) is 5.92 Å². The van der Waals surface area contributed by atoms with Crippen LogP contribution in [0.25, 0.3) is 0 Å². The first kappa shape index (κ1) is 13.0. The molecule has 2 rings (SSSR count). The van der Waals surface area contributed by atoms with E-state index in [9.17, 15) is 9.90 Å². The largest absolute Gasteiger partial charge is 0.479 e. The summed E-state index contributed by atoms with van der Waals surface area (Å²) in [6, 6.07) is 0. The van der Waals surface area contributed by atoms with Crippen molar-refractivity contribution in [2.45, 2.75) is 57.9 Å². The first-order valence-corrected chi connectivity index (χ1v) is 6.53. The van der Waals surface area contributed by atoms with Gasteiger partial charge in [-0.05, 0) is 36.6 Å². The van der Waals surface area contributed by atoms with Crippen molar-refractivity contribution in [3.05, 3.63) is 5.82 Å². The molecule has 1 aromatic heterocycles. The van der Waals surface area contributed by atoms with Crippen LogP contribution >= 0.6 is 0 Å². The van der Waals surface area contributed by atoms with Crippen LogP contribution in [0.15, 0.2) is 0 Å². The Morgan fingerprint density at radius 3 is 2.72 bits per heavy atom. The third kappa shape index (κ3) is 2.52. The summed E-state index contributed by atoms with van der Waals surface area (Å²) in [4.78, 5) is 11.2. The van der Waals surface area contributed by atoms with Gasteiger partial charge in [-0.25, -0.2) is 9.48 Å². The van der Waals surface area contributed by atoms with Crippen LogP contribution in [-0.4, -0.2) is 31.3 Å². The second kappa shape index (κ2) is 5.04. The van der Waals surface area contributed by atoms with Crippen molar-refractivity contribution in [3.8, 4) is 0 Å². The van der Waals surface area contributed by atoms with Crippen LogP contribution in [0.4, 0.5) is 0 Å². The molecule has 0 saturated heterocycles. The molecule has 0 unspecified atom stereocenters. The summed E-state index contributed by atoms with van der Waals surface area (Å²) in [6.45, 7) is 3.23. The summed E-state index contributed by atoms with van der Waals surface area (Å²) in [7, 11) is 0. The highest BCUT2D eigenvalue weighted by Gasteiger charge is 2.33. The standard InChI is InChI=1S/C12H20N4O2/c1-12(2,11(17)18)16-10(13-14-15-16)8-7-9-5-3-4-6-9/h9H,3-8H2,1-2H3,(H,17,18). The minimum Gasteiger partial charge on any atom is -0.479 e. The molecule has 6 nitrogen and oxygen atoms in total. The van der Waals surface area contributed by atoms with Gasteiger partial charge in [0.25, 0.3) is 0 Å². The fourth-order valence-electron chi connectivity index (χ4n) is 2.52. The Labute approximate surface area is 106 Å². The van der Waals surface area contributed by atoms with Gasteiger partial charge < -0.3 is 5.11 Å². The van der Waals surface area contributed by atoms with Crippen molar-refractivity contribution in [1.29, 1.82) is 0 Å². The highest BCUT2D eigenvalue weighted by atomic mass is 16.4. The maximum atomic E-state index is 11.2. The molecule has 0 radical (unpaired) electrons. The second-order valence-corrected chi connectivity index (χ2v) is 5.56. The monoisotopic (exact) mass is 252 g/mol. The molecule has 1 N–H and O–H groups in total. The predicted octanol–water partition coefficient (Wildman–Crippen LogP) is 1.62. The van der Waals surface area contributed by atoms with Gasteiger partial charge >= 0.3 is 5.97 Å². The van der Waals surface area contributed by atoms with Crippen LogP contribution in [0.5, 0.6) is 0 Å². The summed E-state index contributed by atoms with van der Waals surface area (Å²) in [6.07, 6.45) is 7.00. The highest BCUT2D eigenvalue weighted by Crippen LogP contribution is 2.28. The smallest absolute Gasteiger partial charge is 0.331 e. The molecule has 0 aliphatic heterocycles. The molecule has 1 aromatic rings. The lowest BCUT2D eigenvalue weighted by Gasteiger charge is -2.20. The Balaban J connectivity index is 2.05. The molecule has 0 bridgehead atoms. The lowest BCUT2D eigenvalue weighted by Crippen LogP contribution is -2.38. The number of carboxylic acids is 1. The topological polar surface area (TPSA) is 80.9 Å². The van der Waals surface area contributed by atoms with E-state index >= 15 is 0 Å². The lowest BCUT2D eigenvalue weighted by atomic mass is 10.0. The molecule has 1 fully saturated rings. The SMILES string of the molecule is CC(C)(C(=O)O)n1nnnc1CCC1CCCC1. The molecule has 6 heteroatoms. The molecule has 1 saturated carbocycles. The molecule has 1 heterocycles. The van der Waals surface area contributed by atoms with Gasteiger partial charge in [0, 0.05) is 6.42 Å². The zero-order valence-electron chi connectivity index (χ0n) is 11.0. The summed E-state index contributed by atoms with van der Waals surface area (Å²) in [5, 5.41) is 20.6. The summed E-state index contributed by atoms with van der Waals surface area (Å²) in [5.74, 6) is 0.509. The zero-order valence-corrected chi connectivity index (χ0v) is 11.0. The normalized spacial score (nSPS) is 17.2. The van der Waals surface area contributed by atoms with E-state index in [0.717, 1.165) is 18.8 Å². The number of tetrazole rings is 1.